The van der Waals surface area contributed by atoms with Gasteiger partial charge < -0.3 is 5.11 Å². The largest absolute Gasteiger partial charge is 0.508 e. The van der Waals surface area contributed by atoms with Crippen LogP contribution in [0.4, 0.5) is 0 Å². The van der Waals surface area contributed by atoms with Crippen molar-refractivity contribution in [3.63, 3.8) is 0 Å². The summed E-state index contributed by atoms with van der Waals surface area (Å²) in [7, 11) is 0. The first-order valence-electron chi connectivity index (χ1n) is 7.77. The number of aromatic hydroxyl groups is 1. The van der Waals surface area contributed by atoms with E-state index in [9.17, 15) is 5.11 Å². The van der Waals surface area contributed by atoms with Crippen LogP contribution in [0, 0.1) is 6.92 Å². The molecule has 0 saturated carbocycles. The third kappa shape index (κ3) is 3.09. The van der Waals surface area contributed by atoms with Crippen LogP contribution in [0.1, 0.15) is 30.9 Å². The van der Waals surface area contributed by atoms with E-state index in [1.54, 1.807) is 12.4 Å². The van der Waals surface area contributed by atoms with Crippen LogP contribution in [0.5, 0.6) is 5.75 Å². The zero-order valence-electron chi connectivity index (χ0n) is 13.6. The highest BCUT2D eigenvalue weighted by Crippen LogP contribution is 2.30. The third-order valence-corrected chi connectivity index (χ3v) is 4.02. The minimum absolute atomic E-state index is 0.299. The third-order valence-electron chi connectivity index (χ3n) is 4.02. The zero-order valence-corrected chi connectivity index (χ0v) is 13.6. The quantitative estimate of drug-likeness (QED) is 0.745. The van der Waals surface area contributed by atoms with Crippen LogP contribution in [-0.4, -0.2) is 15.1 Å². The van der Waals surface area contributed by atoms with Gasteiger partial charge in [0, 0.05) is 11.1 Å². The number of nitrogens with zero attached hydrogens (tertiary/aromatic N) is 2. The van der Waals surface area contributed by atoms with Crippen molar-refractivity contribution in [1.29, 1.82) is 0 Å². The molecule has 3 rings (SSSR count). The zero-order chi connectivity index (χ0) is 16.4. The lowest BCUT2D eigenvalue weighted by Crippen LogP contribution is -1.95. The monoisotopic (exact) mass is 304 g/mol. The first-order chi connectivity index (χ1) is 11.1. The maximum Gasteiger partial charge on any atom is 0.118 e. The molecule has 0 atom stereocenters. The molecule has 2 aromatic carbocycles. The van der Waals surface area contributed by atoms with E-state index < -0.39 is 0 Å². The molecule has 0 spiro atoms. The molecule has 3 aromatic rings. The van der Waals surface area contributed by atoms with E-state index >= 15 is 0 Å². The second kappa shape index (κ2) is 6.21. The van der Waals surface area contributed by atoms with E-state index in [0.717, 1.165) is 28.1 Å². The Kier molecular flexibility index (Phi) is 4.11. The molecule has 0 aliphatic rings. The number of phenolic OH excluding ortho intramolecular Hbond substituents is 1. The summed E-state index contributed by atoms with van der Waals surface area (Å²) in [6.45, 7) is 6.25. The minimum atomic E-state index is 0.299. The minimum Gasteiger partial charge on any atom is -0.508 e. The van der Waals surface area contributed by atoms with Crippen LogP contribution in [0.2, 0.25) is 0 Å². The summed E-state index contributed by atoms with van der Waals surface area (Å²) in [4.78, 5) is 8.85. The summed E-state index contributed by atoms with van der Waals surface area (Å²) in [5, 5.41) is 9.69. The summed E-state index contributed by atoms with van der Waals surface area (Å²) in [5.41, 5.74) is 6.01. The molecule has 0 amide bonds. The summed E-state index contributed by atoms with van der Waals surface area (Å²) in [5.74, 6) is 0.730. The first kappa shape index (κ1) is 15.2. The van der Waals surface area contributed by atoms with E-state index in [4.69, 9.17) is 0 Å². The second-order valence-corrected chi connectivity index (χ2v) is 6.03. The Morgan fingerprint density at radius 3 is 2.39 bits per heavy atom. The first-order valence-corrected chi connectivity index (χ1v) is 7.77. The highest BCUT2D eigenvalue weighted by Gasteiger charge is 2.11. The molecule has 0 radical (unpaired) electrons. The van der Waals surface area contributed by atoms with Crippen LogP contribution in [0.3, 0.4) is 0 Å². The Balaban J connectivity index is 2.09. The predicted octanol–water partition coefficient (Wildman–Crippen LogP) is 4.95. The average molecular weight is 304 g/mol. The molecule has 0 bridgehead atoms. The van der Waals surface area contributed by atoms with Gasteiger partial charge in [-0.05, 0) is 48.2 Å². The van der Waals surface area contributed by atoms with E-state index in [0.29, 0.717) is 11.7 Å². The standard InChI is InChI=1S/C20H20N2O/c1-13(2)16-6-4-5-7-17(16)19-11-18(21-12-22-19)15-8-9-20(23)14(3)10-15/h4-13,23H,1-3H3. The highest BCUT2D eigenvalue weighted by atomic mass is 16.3. The number of hydrogen-bond donors (Lipinski definition) is 1. The highest BCUT2D eigenvalue weighted by molar-refractivity contribution is 5.70. The Morgan fingerprint density at radius 2 is 1.65 bits per heavy atom. The van der Waals surface area contributed by atoms with Crippen molar-refractivity contribution in [3.05, 3.63) is 66.0 Å². The molecule has 1 aromatic heterocycles. The van der Waals surface area contributed by atoms with E-state index in [1.165, 1.54) is 5.56 Å². The number of phenols is 1. The smallest absolute Gasteiger partial charge is 0.118 e. The summed E-state index contributed by atoms with van der Waals surface area (Å²) >= 11 is 0. The van der Waals surface area contributed by atoms with Gasteiger partial charge in [0.2, 0.25) is 0 Å². The van der Waals surface area contributed by atoms with Crippen molar-refractivity contribution in [1.82, 2.24) is 9.97 Å². The Hall–Kier alpha value is -2.68. The number of hydrogen-bond acceptors (Lipinski definition) is 3. The fraction of sp³-hybridized carbons (Fsp3) is 0.200. The van der Waals surface area contributed by atoms with Gasteiger partial charge in [-0.3, -0.25) is 0 Å². The van der Waals surface area contributed by atoms with Gasteiger partial charge >= 0.3 is 0 Å². The van der Waals surface area contributed by atoms with E-state index in [1.807, 2.05) is 31.2 Å². The molecule has 23 heavy (non-hydrogen) atoms. The van der Waals surface area contributed by atoms with Crippen LogP contribution in [0.15, 0.2) is 54.9 Å². The van der Waals surface area contributed by atoms with Gasteiger partial charge in [0.1, 0.15) is 12.1 Å². The van der Waals surface area contributed by atoms with Gasteiger partial charge in [-0.1, -0.05) is 38.1 Å². The molecule has 1 heterocycles. The normalized spacial score (nSPS) is 11.0. The van der Waals surface area contributed by atoms with Gasteiger partial charge in [-0.15, -0.1) is 0 Å². The maximum atomic E-state index is 9.69. The van der Waals surface area contributed by atoms with E-state index in [2.05, 4.69) is 42.0 Å². The van der Waals surface area contributed by atoms with Crippen molar-refractivity contribution >= 4 is 0 Å². The predicted molar refractivity (Wildman–Crippen MR) is 93.4 cm³/mol. The molecule has 3 heteroatoms. The second-order valence-electron chi connectivity index (χ2n) is 6.03. The molecule has 0 fully saturated rings. The summed E-state index contributed by atoms with van der Waals surface area (Å²) < 4.78 is 0. The molecule has 3 nitrogen and oxygen atoms in total. The lowest BCUT2D eigenvalue weighted by atomic mass is 9.94. The van der Waals surface area contributed by atoms with Crippen molar-refractivity contribution in [2.24, 2.45) is 0 Å². The van der Waals surface area contributed by atoms with Crippen LogP contribution >= 0.6 is 0 Å². The molecule has 0 saturated heterocycles. The molecule has 1 N–H and O–H groups in total. The van der Waals surface area contributed by atoms with Gasteiger partial charge in [-0.25, -0.2) is 9.97 Å². The lowest BCUT2D eigenvalue weighted by molar-refractivity contribution is 0.471. The average Bonchev–Trinajstić information content (AvgIpc) is 2.57. The number of benzene rings is 2. The number of aryl methyl sites for hydroxylation is 1. The molecule has 0 aliphatic heterocycles. The molecule has 0 aliphatic carbocycles. The van der Waals surface area contributed by atoms with Gasteiger partial charge in [0.15, 0.2) is 0 Å². The Labute approximate surface area is 136 Å². The maximum absolute atomic E-state index is 9.69. The van der Waals surface area contributed by atoms with Crippen LogP contribution in [-0.2, 0) is 0 Å². The lowest BCUT2D eigenvalue weighted by Gasteiger charge is -2.12. The number of rotatable bonds is 3. The van der Waals surface area contributed by atoms with Crippen molar-refractivity contribution in [3.8, 4) is 28.3 Å². The van der Waals surface area contributed by atoms with E-state index in [-0.39, 0.29) is 0 Å². The van der Waals surface area contributed by atoms with Crippen LogP contribution < -0.4 is 0 Å². The van der Waals surface area contributed by atoms with Crippen molar-refractivity contribution in [2.45, 2.75) is 26.7 Å². The Morgan fingerprint density at radius 1 is 0.913 bits per heavy atom. The SMILES string of the molecule is Cc1cc(-c2cc(-c3ccccc3C(C)C)ncn2)ccc1O. The topological polar surface area (TPSA) is 46.0 Å². The van der Waals surface area contributed by atoms with Crippen molar-refractivity contribution < 1.29 is 5.11 Å². The Bertz CT molecular complexity index is 841. The number of aromatic nitrogens is 2. The summed E-state index contributed by atoms with van der Waals surface area (Å²) in [6.07, 6.45) is 1.60. The summed E-state index contributed by atoms with van der Waals surface area (Å²) in [6, 6.07) is 15.9. The van der Waals surface area contributed by atoms with Gasteiger partial charge in [0.05, 0.1) is 11.4 Å². The molecular weight excluding hydrogens is 284 g/mol. The van der Waals surface area contributed by atoms with Crippen LogP contribution in [0.25, 0.3) is 22.5 Å². The fourth-order valence-corrected chi connectivity index (χ4v) is 2.71. The fourth-order valence-electron chi connectivity index (χ4n) is 2.71. The molecule has 116 valence electrons. The molecule has 0 unspecified atom stereocenters. The molecular formula is C20H20N2O. The van der Waals surface area contributed by atoms with Gasteiger partial charge in [0.25, 0.3) is 0 Å². The van der Waals surface area contributed by atoms with Gasteiger partial charge in [-0.2, -0.15) is 0 Å². The van der Waals surface area contributed by atoms with Crippen molar-refractivity contribution in [2.75, 3.05) is 0 Å².